The van der Waals surface area contributed by atoms with Gasteiger partial charge in [-0.1, -0.05) is 29.8 Å². The van der Waals surface area contributed by atoms with Gasteiger partial charge < -0.3 is 14.8 Å². The quantitative estimate of drug-likeness (QED) is 0.864. The highest BCUT2D eigenvalue weighted by atomic mass is 16.2. The Morgan fingerprint density at radius 2 is 2.00 bits per heavy atom. The molecule has 1 aliphatic carbocycles. The van der Waals surface area contributed by atoms with Crippen LogP contribution in [0.1, 0.15) is 55.5 Å². The van der Waals surface area contributed by atoms with E-state index in [0.717, 1.165) is 51.0 Å². The molecule has 0 unspecified atom stereocenters. The smallest absolute Gasteiger partial charge is 0.318 e. The number of piperidine rings is 1. The standard InChI is InChI=1S/C22H30N4O/c1-17-6-8-19(9-7-17)22(11-12-22)24-21(27)26-14-4-3-5-20(26)10-15-25-16-13-23-18(25)2/h6-9,13,16,20H,3-5,10-12,14-15H2,1-2H3,(H,24,27)/t20-/m0/s1. The van der Waals surface area contributed by atoms with Crippen LogP contribution in [0.5, 0.6) is 0 Å². The molecule has 5 nitrogen and oxygen atoms in total. The zero-order valence-corrected chi connectivity index (χ0v) is 16.4. The van der Waals surface area contributed by atoms with Gasteiger partial charge in [0.15, 0.2) is 0 Å². The van der Waals surface area contributed by atoms with Crippen molar-refractivity contribution in [3.8, 4) is 0 Å². The van der Waals surface area contributed by atoms with Gasteiger partial charge in [0.25, 0.3) is 0 Å². The lowest BCUT2D eigenvalue weighted by Crippen LogP contribution is -2.51. The Labute approximate surface area is 161 Å². The summed E-state index contributed by atoms with van der Waals surface area (Å²) in [6.45, 7) is 5.92. The zero-order chi connectivity index (χ0) is 18.9. The molecule has 4 rings (SSSR count). The van der Waals surface area contributed by atoms with Crippen molar-refractivity contribution in [2.45, 2.75) is 70.5 Å². The summed E-state index contributed by atoms with van der Waals surface area (Å²) >= 11 is 0. The molecular formula is C22H30N4O. The van der Waals surface area contributed by atoms with Crippen LogP contribution in [-0.4, -0.2) is 33.1 Å². The normalized spacial score (nSPS) is 21.1. The van der Waals surface area contributed by atoms with Gasteiger partial charge in [-0.25, -0.2) is 9.78 Å². The number of rotatable bonds is 5. The molecule has 1 atom stereocenters. The van der Waals surface area contributed by atoms with Gasteiger partial charge in [-0.05, 0) is 57.9 Å². The predicted molar refractivity (Wildman–Crippen MR) is 107 cm³/mol. The Balaban J connectivity index is 1.41. The van der Waals surface area contributed by atoms with Gasteiger partial charge in [0, 0.05) is 31.5 Å². The molecule has 2 heterocycles. The number of amides is 2. The number of hydrogen-bond acceptors (Lipinski definition) is 2. The molecule has 5 heteroatoms. The van der Waals surface area contributed by atoms with Gasteiger partial charge in [0.1, 0.15) is 5.82 Å². The van der Waals surface area contributed by atoms with Crippen LogP contribution in [0.25, 0.3) is 0 Å². The van der Waals surface area contributed by atoms with Crippen molar-refractivity contribution in [3.05, 3.63) is 53.6 Å². The van der Waals surface area contributed by atoms with E-state index < -0.39 is 0 Å². The molecule has 27 heavy (non-hydrogen) atoms. The Morgan fingerprint density at radius 3 is 2.67 bits per heavy atom. The van der Waals surface area contributed by atoms with E-state index in [1.54, 1.807) is 0 Å². The maximum Gasteiger partial charge on any atom is 0.318 e. The van der Waals surface area contributed by atoms with E-state index >= 15 is 0 Å². The molecule has 0 bridgehead atoms. The molecular weight excluding hydrogens is 336 g/mol. The number of nitrogens with one attached hydrogen (secondary N) is 1. The van der Waals surface area contributed by atoms with E-state index in [0.29, 0.717) is 6.04 Å². The number of carbonyl (C=O) groups excluding carboxylic acids is 1. The number of aryl methyl sites for hydroxylation is 3. The minimum atomic E-state index is -0.145. The predicted octanol–water partition coefficient (Wildman–Crippen LogP) is 4.14. The minimum Gasteiger partial charge on any atom is -0.335 e. The summed E-state index contributed by atoms with van der Waals surface area (Å²) in [5.41, 5.74) is 2.35. The number of carbonyl (C=O) groups is 1. The van der Waals surface area contributed by atoms with Crippen molar-refractivity contribution in [3.63, 3.8) is 0 Å². The van der Waals surface area contributed by atoms with Crippen LogP contribution in [-0.2, 0) is 12.1 Å². The molecule has 1 aromatic carbocycles. The fraction of sp³-hybridized carbons (Fsp3) is 0.545. The average molecular weight is 367 g/mol. The van der Waals surface area contributed by atoms with Gasteiger partial charge in [-0.2, -0.15) is 0 Å². The van der Waals surface area contributed by atoms with Crippen LogP contribution >= 0.6 is 0 Å². The third kappa shape index (κ3) is 3.87. The van der Waals surface area contributed by atoms with E-state index in [1.165, 1.54) is 17.5 Å². The molecule has 1 aromatic heterocycles. The number of aromatic nitrogens is 2. The summed E-state index contributed by atoms with van der Waals surface area (Å²) in [6, 6.07) is 9.03. The molecule has 2 amide bonds. The van der Waals surface area contributed by atoms with Crippen molar-refractivity contribution in [2.24, 2.45) is 0 Å². The zero-order valence-electron chi connectivity index (χ0n) is 16.4. The molecule has 0 spiro atoms. The lowest BCUT2D eigenvalue weighted by Gasteiger charge is -2.37. The van der Waals surface area contributed by atoms with Crippen LogP contribution in [0.15, 0.2) is 36.7 Å². The van der Waals surface area contributed by atoms with Gasteiger partial charge >= 0.3 is 6.03 Å². The largest absolute Gasteiger partial charge is 0.335 e. The van der Waals surface area contributed by atoms with Gasteiger partial charge in [-0.15, -0.1) is 0 Å². The molecule has 2 aliphatic rings. The molecule has 1 saturated heterocycles. The van der Waals surface area contributed by atoms with Crippen molar-refractivity contribution in [2.75, 3.05) is 6.54 Å². The summed E-state index contributed by atoms with van der Waals surface area (Å²) in [6.07, 6.45) is 10.3. The second kappa shape index (κ2) is 7.37. The first kappa shape index (κ1) is 18.1. The number of nitrogens with zero attached hydrogens (tertiary/aromatic N) is 3. The average Bonchev–Trinajstić information content (AvgIpc) is 3.34. The summed E-state index contributed by atoms with van der Waals surface area (Å²) in [5.74, 6) is 1.04. The Morgan fingerprint density at radius 1 is 1.22 bits per heavy atom. The third-order valence-corrected chi connectivity index (χ3v) is 6.22. The fourth-order valence-electron chi connectivity index (χ4n) is 4.26. The summed E-state index contributed by atoms with van der Waals surface area (Å²) in [4.78, 5) is 19.5. The first-order valence-corrected chi connectivity index (χ1v) is 10.2. The number of hydrogen-bond donors (Lipinski definition) is 1. The van der Waals surface area contributed by atoms with E-state index in [2.05, 4.69) is 51.0 Å². The number of urea groups is 1. The number of benzene rings is 1. The van der Waals surface area contributed by atoms with Gasteiger partial charge in [0.05, 0.1) is 5.54 Å². The highest BCUT2D eigenvalue weighted by Crippen LogP contribution is 2.45. The van der Waals surface area contributed by atoms with E-state index in [-0.39, 0.29) is 11.6 Å². The molecule has 1 N–H and O–H groups in total. The van der Waals surface area contributed by atoms with Crippen molar-refractivity contribution >= 4 is 6.03 Å². The minimum absolute atomic E-state index is 0.111. The Kier molecular flexibility index (Phi) is 4.94. The highest BCUT2D eigenvalue weighted by Gasteiger charge is 2.46. The van der Waals surface area contributed by atoms with Crippen molar-refractivity contribution < 1.29 is 4.79 Å². The first-order valence-electron chi connectivity index (χ1n) is 10.2. The van der Waals surface area contributed by atoms with Crippen LogP contribution < -0.4 is 5.32 Å². The first-order chi connectivity index (χ1) is 13.1. The van der Waals surface area contributed by atoms with Crippen molar-refractivity contribution in [1.29, 1.82) is 0 Å². The van der Waals surface area contributed by atoms with Crippen LogP contribution in [0.4, 0.5) is 4.79 Å². The van der Waals surface area contributed by atoms with E-state index in [1.807, 2.05) is 19.3 Å². The lowest BCUT2D eigenvalue weighted by molar-refractivity contribution is 0.140. The number of likely N-dealkylation sites (tertiary alicyclic amines) is 1. The molecule has 0 radical (unpaired) electrons. The third-order valence-electron chi connectivity index (χ3n) is 6.22. The maximum absolute atomic E-state index is 13.1. The van der Waals surface area contributed by atoms with Gasteiger partial charge in [0.2, 0.25) is 0 Å². The van der Waals surface area contributed by atoms with E-state index in [9.17, 15) is 4.79 Å². The Hall–Kier alpha value is -2.30. The lowest BCUT2D eigenvalue weighted by atomic mass is 9.99. The molecule has 2 aromatic rings. The summed E-state index contributed by atoms with van der Waals surface area (Å²) < 4.78 is 2.18. The second-order valence-electron chi connectivity index (χ2n) is 8.18. The SMILES string of the molecule is Cc1ccc(C2(NC(=O)N3CCCC[C@H]3CCn3ccnc3C)CC2)cc1. The van der Waals surface area contributed by atoms with Gasteiger partial charge in [-0.3, -0.25) is 0 Å². The summed E-state index contributed by atoms with van der Waals surface area (Å²) in [5, 5.41) is 3.38. The van der Waals surface area contributed by atoms with E-state index in [4.69, 9.17) is 0 Å². The second-order valence-corrected chi connectivity index (χ2v) is 8.18. The topological polar surface area (TPSA) is 50.2 Å². The molecule has 144 valence electrons. The van der Waals surface area contributed by atoms with Crippen molar-refractivity contribution in [1.82, 2.24) is 19.8 Å². The molecule has 2 fully saturated rings. The highest BCUT2D eigenvalue weighted by molar-refractivity contribution is 5.76. The molecule has 1 aliphatic heterocycles. The van der Waals surface area contributed by atoms with Crippen LogP contribution in [0, 0.1) is 13.8 Å². The Bertz CT molecular complexity index is 791. The van der Waals surface area contributed by atoms with Crippen LogP contribution in [0.3, 0.4) is 0 Å². The number of imidazole rings is 1. The molecule has 1 saturated carbocycles. The van der Waals surface area contributed by atoms with Crippen LogP contribution in [0.2, 0.25) is 0 Å². The fourth-order valence-corrected chi connectivity index (χ4v) is 4.26. The summed E-state index contributed by atoms with van der Waals surface area (Å²) in [7, 11) is 0. The monoisotopic (exact) mass is 366 g/mol. The maximum atomic E-state index is 13.1.